The van der Waals surface area contributed by atoms with Gasteiger partial charge in [0.05, 0.1) is 16.8 Å². The van der Waals surface area contributed by atoms with Gasteiger partial charge in [0, 0.05) is 30.7 Å². The number of aromatic nitrogens is 3. The zero-order valence-electron chi connectivity index (χ0n) is 15.8. The molecule has 4 rings (SSSR count). The number of rotatable bonds is 6. The van der Waals surface area contributed by atoms with Gasteiger partial charge in [-0.25, -0.2) is 9.50 Å². The molecule has 0 radical (unpaired) electrons. The van der Waals surface area contributed by atoms with E-state index >= 15 is 0 Å². The minimum absolute atomic E-state index is 0.221. The van der Waals surface area contributed by atoms with E-state index in [1.165, 1.54) is 0 Å². The molecule has 0 unspecified atom stereocenters. The fourth-order valence-corrected chi connectivity index (χ4v) is 3.94. The second kappa shape index (κ2) is 7.82. The van der Waals surface area contributed by atoms with E-state index < -0.39 is 0 Å². The number of carbonyl (C=O) groups is 1. The van der Waals surface area contributed by atoms with E-state index in [1.807, 2.05) is 47.8 Å². The van der Waals surface area contributed by atoms with E-state index in [4.69, 9.17) is 0 Å². The van der Waals surface area contributed by atoms with Crippen LogP contribution in [0.15, 0.2) is 60.2 Å². The lowest BCUT2D eigenvalue weighted by molar-refractivity contribution is 0.102. The zero-order chi connectivity index (χ0) is 19.5. The molecule has 0 saturated carbocycles. The molecule has 0 spiro atoms. The van der Waals surface area contributed by atoms with Gasteiger partial charge in [0.1, 0.15) is 5.56 Å². The SMILES string of the molecule is CCN(CC)c1ccc(NC(=O)c2cnn3c(-c4cccs4)ccnc23)cc1. The van der Waals surface area contributed by atoms with Crippen molar-refractivity contribution >= 4 is 34.3 Å². The highest BCUT2D eigenvalue weighted by atomic mass is 32.1. The molecule has 0 bridgehead atoms. The van der Waals surface area contributed by atoms with Crippen molar-refractivity contribution in [2.24, 2.45) is 0 Å². The molecule has 6 nitrogen and oxygen atoms in total. The highest BCUT2D eigenvalue weighted by Gasteiger charge is 2.17. The predicted octanol–water partition coefficient (Wildman–Crippen LogP) is 4.56. The predicted molar refractivity (Wildman–Crippen MR) is 114 cm³/mol. The molecular formula is C21H21N5OS. The Balaban J connectivity index is 1.59. The van der Waals surface area contributed by atoms with Crippen molar-refractivity contribution in [3.63, 3.8) is 0 Å². The van der Waals surface area contributed by atoms with Gasteiger partial charge in [-0.3, -0.25) is 4.79 Å². The first-order valence-corrected chi connectivity index (χ1v) is 10.1. The summed E-state index contributed by atoms with van der Waals surface area (Å²) in [5.41, 5.74) is 3.80. The second-order valence-electron chi connectivity index (χ2n) is 6.27. The number of thiophene rings is 1. The molecule has 0 aliphatic rings. The maximum atomic E-state index is 12.8. The van der Waals surface area contributed by atoms with Crippen LogP contribution in [0.3, 0.4) is 0 Å². The van der Waals surface area contributed by atoms with E-state index in [-0.39, 0.29) is 5.91 Å². The summed E-state index contributed by atoms with van der Waals surface area (Å²) < 4.78 is 1.71. The molecule has 142 valence electrons. The largest absolute Gasteiger partial charge is 0.372 e. The number of carbonyl (C=O) groups excluding carboxylic acids is 1. The normalized spacial score (nSPS) is 10.9. The number of amides is 1. The third kappa shape index (κ3) is 3.36. The first kappa shape index (κ1) is 18.2. The summed E-state index contributed by atoms with van der Waals surface area (Å²) in [6.45, 7) is 6.15. The van der Waals surface area contributed by atoms with Gasteiger partial charge in [0.25, 0.3) is 5.91 Å². The molecule has 4 aromatic rings. The first-order chi connectivity index (χ1) is 13.7. The molecule has 3 heterocycles. The van der Waals surface area contributed by atoms with Crippen LogP contribution in [0, 0.1) is 0 Å². The van der Waals surface area contributed by atoms with Gasteiger partial charge in [0.15, 0.2) is 5.65 Å². The van der Waals surface area contributed by atoms with Crippen molar-refractivity contribution < 1.29 is 4.79 Å². The van der Waals surface area contributed by atoms with Crippen LogP contribution in [-0.2, 0) is 0 Å². The summed E-state index contributed by atoms with van der Waals surface area (Å²) in [4.78, 5) is 20.5. The monoisotopic (exact) mass is 391 g/mol. The van der Waals surface area contributed by atoms with Crippen molar-refractivity contribution in [2.75, 3.05) is 23.3 Å². The Morgan fingerprint density at radius 2 is 1.93 bits per heavy atom. The minimum atomic E-state index is -0.221. The lowest BCUT2D eigenvalue weighted by Gasteiger charge is -2.21. The topological polar surface area (TPSA) is 62.5 Å². The van der Waals surface area contributed by atoms with Crippen LogP contribution in [0.1, 0.15) is 24.2 Å². The maximum Gasteiger partial charge on any atom is 0.261 e. The van der Waals surface area contributed by atoms with Crippen molar-refractivity contribution in [3.05, 3.63) is 65.8 Å². The Labute approximate surface area is 167 Å². The Morgan fingerprint density at radius 1 is 1.14 bits per heavy atom. The number of nitrogens with zero attached hydrogens (tertiary/aromatic N) is 4. The van der Waals surface area contributed by atoms with E-state index in [1.54, 1.807) is 28.2 Å². The Bertz CT molecular complexity index is 1080. The number of nitrogens with one attached hydrogen (secondary N) is 1. The van der Waals surface area contributed by atoms with Crippen molar-refractivity contribution in [3.8, 4) is 10.6 Å². The van der Waals surface area contributed by atoms with Crippen LogP contribution in [-0.4, -0.2) is 33.6 Å². The van der Waals surface area contributed by atoms with Crippen LogP contribution < -0.4 is 10.2 Å². The van der Waals surface area contributed by atoms with Gasteiger partial charge in [-0.15, -0.1) is 11.3 Å². The Morgan fingerprint density at radius 3 is 2.61 bits per heavy atom. The lowest BCUT2D eigenvalue weighted by Crippen LogP contribution is -2.21. The molecule has 0 fully saturated rings. The summed E-state index contributed by atoms with van der Waals surface area (Å²) in [6.07, 6.45) is 3.28. The van der Waals surface area contributed by atoms with Crippen LogP contribution in [0.5, 0.6) is 0 Å². The fraction of sp³-hybridized carbons (Fsp3) is 0.190. The summed E-state index contributed by atoms with van der Waals surface area (Å²) in [5, 5.41) is 9.35. The summed E-state index contributed by atoms with van der Waals surface area (Å²) in [5.74, 6) is -0.221. The fourth-order valence-electron chi connectivity index (χ4n) is 3.21. The van der Waals surface area contributed by atoms with Gasteiger partial charge in [-0.2, -0.15) is 5.10 Å². The molecule has 1 N–H and O–H groups in total. The quantitative estimate of drug-likeness (QED) is 0.523. The van der Waals surface area contributed by atoms with Gasteiger partial charge < -0.3 is 10.2 Å². The van der Waals surface area contributed by atoms with Crippen LogP contribution >= 0.6 is 11.3 Å². The molecule has 0 saturated heterocycles. The Kier molecular flexibility index (Phi) is 5.08. The average Bonchev–Trinajstić information content (AvgIpc) is 3.40. The number of hydrogen-bond acceptors (Lipinski definition) is 5. The van der Waals surface area contributed by atoms with Gasteiger partial charge in [-0.05, 0) is 55.6 Å². The first-order valence-electron chi connectivity index (χ1n) is 9.24. The second-order valence-corrected chi connectivity index (χ2v) is 7.22. The maximum absolute atomic E-state index is 12.8. The van der Waals surface area contributed by atoms with Crippen molar-refractivity contribution in [2.45, 2.75) is 13.8 Å². The third-order valence-corrected chi connectivity index (χ3v) is 5.57. The molecule has 7 heteroatoms. The van der Waals surface area contributed by atoms with Gasteiger partial charge in [0.2, 0.25) is 0 Å². The molecule has 3 aromatic heterocycles. The molecule has 0 atom stereocenters. The molecule has 0 aliphatic carbocycles. The van der Waals surface area contributed by atoms with Crippen LogP contribution in [0.2, 0.25) is 0 Å². The number of hydrogen-bond donors (Lipinski definition) is 1. The number of fused-ring (bicyclic) bond motifs is 1. The van der Waals surface area contributed by atoms with E-state index in [0.29, 0.717) is 11.2 Å². The number of anilines is 2. The highest BCUT2D eigenvalue weighted by Crippen LogP contribution is 2.25. The lowest BCUT2D eigenvalue weighted by atomic mass is 10.2. The summed E-state index contributed by atoms with van der Waals surface area (Å²) in [7, 11) is 0. The summed E-state index contributed by atoms with van der Waals surface area (Å²) >= 11 is 1.63. The molecule has 1 amide bonds. The molecule has 28 heavy (non-hydrogen) atoms. The molecular weight excluding hydrogens is 370 g/mol. The van der Waals surface area contributed by atoms with Gasteiger partial charge >= 0.3 is 0 Å². The number of benzene rings is 1. The van der Waals surface area contributed by atoms with Crippen molar-refractivity contribution in [1.82, 2.24) is 14.6 Å². The van der Waals surface area contributed by atoms with E-state index in [0.717, 1.165) is 35.0 Å². The van der Waals surface area contributed by atoms with E-state index in [2.05, 4.69) is 34.1 Å². The van der Waals surface area contributed by atoms with Crippen molar-refractivity contribution in [1.29, 1.82) is 0 Å². The third-order valence-electron chi connectivity index (χ3n) is 4.67. The van der Waals surface area contributed by atoms with Crippen LogP contribution in [0.4, 0.5) is 11.4 Å². The standard InChI is InChI=1S/C21H21N5OS/c1-3-25(4-2)16-9-7-15(8-10-16)24-21(27)17-14-23-26-18(11-12-22-20(17)26)19-6-5-13-28-19/h5-14H,3-4H2,1-2H3,(H,24,27). The Hall–Kier alpha value is -3.19. The zero-order valence-corrected chi connectivity index (χ0v) is 16.6. The highest BCUT2D eigenvalue weighted by molar-refractivity contribution is 7.13. The smallest absolute Gasteiger partial charge is 0.261 e. The van der Waals surface area contributed by atoms with Crippen LogP contribution in [0.25, 0.3) is 16.2 Å². The summed E-state index contributed by atoms with van der Waals surface area (Å²) in [6, 6.07) is 13.8. The molecule has 0 aliphatic heterocycles. The minimum Gasteiger partial charge on any atom is -0.372 e. The molecule has 1 aromatic carbocycles. The average molecular weight is 392 g/mol. The van der Waals surface area contributed by atoms with Gasteiger partial charge in [-0.1, -0.05) is 6.07 Å². The van der Waals surface area contributed by atoms with E-state index in [9.17, 15) is 4.79 Å².